The maximum Gasteiger partial charge on any atom is 0.122 e. The van der Waals surface area contributed by atoms with Gasteiger partial charge >= 0.3 is 0 Å². The topological polar surface area (TPSA) is 40.5 Å². The number of phenolic OH excluding ortho intramolecular Hbond substituents is 2. The monoisotopic (exact) mass is 482 g/mol. The van der Waals surface area contributed by atoms with Crippen molar-refractivity contribution in [2.45, 2.75) is 52.0 Å². The lowest BCUT2D eigenvalue weighted by atomic mass is 9.97. The fourth-order valence-corrected chi connectivity index (χ4v) is 5.52. The van der Waals surface area contributed by atoms with Gasteiger partial charge in [-0.15, -0.1) is 0 Å². The third kappa shape index (κ3) is 6.10. The summed E-state index contributed by atoms with van der Waals surface area (Å²) in [5.74, 6) is 2.54. The minimum atomic E-state index is 0.400. The van der Waals surface area contributed by atoms with Gasteiger partial charge in [-0.2, -0.15) is 11.8 Å². The Morgan fingerprint density at radius 2 is 0.914 bits per heavy atom. The second kappa shape index (κ2) is 11.0. The number of aryl methyl sites for hydroxylation is 4. The molecule has 0 atom stereocenters. The van der Waals surface area contributed by atoms with E-state index in [1.807, 2.05) is 25.6 Å². The van der Waals surface area contributed by atoms with E-state index < -0.39 is 0 Å². The maximum absolute atomic E-state index is 10.7. The average Bonchev–Trinajstić information content (AvgIpc) is 2.83. The van der Waals surface area contributed by atoms with Crippen LogP contribution in [0.3, 0.4) is 0 Å². The zero-order chi connectivity index (χ0) is 24.9. The summed E-state index contributed by atoms with van der Waals surface area (Å²) in [4.78, 5) is 0. The molecule has 35 heavy (non-hydrogen) atoms. The molecule has 0 saturated heterocycles. The predicted molar refractivity (Wildman–Crippen MR) is 149 cm³/mol. The van der Waals surface area contributed by atoms with Crippen molar-refractivity contribution in [2.24, 2.45) is 0 Å². The summed E-state index contributed by atoms with van der Waals surface area (Å²) in [6.07, 6.45) is 1.47. The van der Waals surface area contributed by atoms with Gasteiger partial charge in [0.05, 0.1) is 0 Å². The SMILES string of the molecule is Cc1ccccc1Cc1cc(CSCc2cc(C)c(O)c(Cc3ccccc3C)c2)cc(C)c1O. The van der Waals surface area contributed by atoms with Gasteiger partial charge in [0, 0.05) is 24.3 Å². The molecule has 180 valence electrons. The van der Waals surface area contributed by atoms with E-state index in [1.54, 1.807) is 0 Å². The van der Waals surface area contributed by atoms with Crippen LogP contribution in [0.15, 0.2) is 72.8 Å². The highest BCUT2D eigenvalue weighted by molar-refractivity contribution is 7.97. The summed E-state index contributed by atoms with van der Waals surface area (Å²) in [6.45, 7) is 8.19. The molecule has 0 spiro atoms. The molecule has 4 aromatic rings. The number of hydrogen-bond acceptors (Lipinski definition) is 3. The number of hydrogen-bond donors (Lipinski definition) is 2. The minimum Gasteiger partial charge on any atom is -0.507 e. The molecule has 0 fully saturated rings. The molecule has 3 heteroatoms. The fraction of sp³-hybridized carbons (Fsp3) is 0.250. The van der Waals surface area contributed by atoms with Gasteiger partial charge in [0.25, 0.3) is 0 Å². The Morgan fingerprint density at radius 1 is 0.514 bits per heavy atom. The molecule has 0 bridgehead atoms. The third-order valence-electron chi connectivity index (χ3n) is 6.70. The molecule has 4 rings (SSSR count). The lowest BCUT2D eigenvalue weighted by molar-refractivity contribution is 0.464. The molecular weight excluding hydrogens is 448 g/mol. The molecule has 0 aromatic heterocycles. The molecule has 0 amide bonds. The molecule has 0 radical (unpaired) electrons. The second-order valence-electron chi connectivity index (χ2n) is 9.54. The molecule has 0 unspecified atom stereocenters. The van der Waals surface area contributed by atoms with Gasteiger partial charge < -0.3 is 10.2 Å². The fourth-order valence-electron chi connectivity index (χ4n) is 4.62. The average molecular weight is 483 g/mol. The van der Waals surface area contributed by atoms with Crippen molar-refractivity contribution >= 4 is 11.8 Å². The Labute approximate surface area is 213 Å². The smallest absolute Gasteiger partial charge is 0.122 e. The van der Waals surface area contributed by atoms with Crippen LogP contribution in [-0.2, 0) is 24.3 Å². The van der Waals surface area contributed by atoms with Crippen LogP contribution in [0.4, 0.5) is 0 Å². The van der Waals surface area contributed by atoms with Crippen molar-refractivity contribution < 1.29 is 10.2 Å². The van der Waals surface area contributed by atoms with Crippen LogP contribution in [0.25, 0.3) is 0 Å². The number of benzene rings is 4. The molecular formula is C32H34O2S. The van der Waals surface area contributed by atoms with Crippen LogP contribution < -0.4 is 0 Å². The van der Waals surface area contributed by atoms with Gasteiger partial charge in [0.2, 0.25) is 0 Å². The summed E-state index contributed by atoms with van der Waals surface area (Å²) in [7, 11) is 0. The molecule has 2 N–H and O–H groups in total. The zero-order valence-corrected chi connectivity index (χ0v) is 21.9. The minimum absolute atomic E-state index is 0.400. The van der Waals surface area contributed by atoms with Crippen molar-refractivity contribution in [1.29, 1.82) is 0 Å². The molecule has 0 aliphatic heterocycles. The normalized spacial score (nSPS) is 11.1. The first-order valence-electron chi connectivity index (χ1n) is 12.1. The molecule has 2 nitrogen and oxygen atoms in total. The molecule has 4 aromatic carbocycles. The van der Waals surface area contributed by atoms with Gasteiger partial charge in [0.1, 0.15) is 11.5 Å². The number of aromatic hydroxyl groups is 2. The first kappa shape index (κ1) is 24.9. The van der Waals surface area contributed by atoms with Crippen LogP contribution in [0, 0.1) is 27.7 Å². The van der Waals surface area contributed by atoms with Crippen molar-refractivity contribution in [3.63, 3.8) is 0 Å². The van der Waals surface area contributed by atoms with Crippen LogP contribution in [0.1, 0.15) is 55.6 Å². The molecule has 0 aliphatic carbocycles. The van der Waals surface area contributed by atoms with E-state index in [9.17, 15) is 10.2 Å². The van der Waals surface area contributed by atoms with Gasteiger partial charge in [-0.05, 0) is 83.3 Å². The summed E-state index contributed by atoms with van der Waals surface area (Å²) in [5, 5.41) is 21.3. The maximum atomic E-state index is 10.7. The van der Waals surface area contributed by atoms with Gasteiger partial charge in [0.15, 0.2) is 0 Å². The lowest BCUT2D eigenvalue weighted by Gasteiger charge is -2.14. The second-order valence-corrected chi connectivity index (χ2v) is 10.5. The van der Waals surface area contributed by atoms with Gasteiger partial charge in [-0.1, -0.05) is 72.8 Å². The van der Waals surface area contributed by atoms with E-state index in [4.69, 9.17) is 0 Å². The zero-order valence-electron chi connectivity index (χ0n) is 21.1. The number of rotatable bonds is 8. The Bertz CT molecular complexity index is 1240. The van der Waals surface area contributed by atoms with E-state index in [2.05, 4.69) is 86.6 Å². The first-order chi connectivity index (χ1) is 16.8. The van der Waals surface area contributed by atoms with Crippen molar-refractivity contribution in [3.05, 3.63) is 128 Å². The van der Waals surface area contributed by atoms with Gasteiger partial charge in [-0.3, -0.25) is 0 Å². The standard InChI is InChI=1S/C32H34O2S/c1-21-9-5-7-11-27(21)17-29-15-25(13-23(3)31(29)33)19-35-20-26-14-24(4)32(34)30(16-26)18-28-12-8-6-10-22(28)2/h5-16,33-34H,17-20H2,1-4H3. The number of thioether (sulfide) groups is 1. The largest absolute Gasteiger partial charge is 0.507 e. The van der Waals surface area contributed by atoms with Crippen LogP contribution in [-0.4, -0.2) is 10.2 Å². The summed E-state index contributed by atoms with van der Waals surface area (Å²) < 4.78 is 0. The van der Waals surface area contributed by atoms with Crippen molar-refractivity contribution in [2.75, 3.05) is 0 Å². The van der Waals surface area contributed by atoms with Crippen molar-refractivity contribution in [3.8, 4) is 11.5 Å². The summed E-state index contributed by atoms with van der Waals surface area (Å²) in [6, 6.07) is 25.2. The molecule has 0 aliphatic rings. The van der Waals surface area contributed by atoms with E-state index >= 15 is 0 Å². The van der Waals surface area contributed by atoms with E-state index in [-0.39, 0.29) is 0 Å². The highest BCUT2D eigenvalue weighted by Gasteiger charge is 2.12. The first-order valence-corrected chi connectivity index (χ1v) is 13.3. The lowest BCUT2D eigenvalue weighted by Crippen LogP contribution is -1.97. The van der Waals surface area contributed by atoms with Crippen LogP contribution in [0.2, 0.25) is 0 Å². The highest BCUT2D eigenvalue weighted by atomic mass is 32.2. The summed E-state index contributed by atoms with van der Waals surface area (Å²) in [5.41, 5.74) is 11.2. The molecule has 0 heterocycles. The van der Waals surface area contributed by atoms with E-state index in [1.165, 1.54) is 33.4 Å². The van der Waals surface area contributed by atoms with Crippen LogP contribution in [0.5, 0.6) is 11.5 Å². The van der Waals surface area contributed by atoms with E-state index in [0.29, 0.717) is 11.5 Å². The van der Waals surface area contributed by atoms with Crippen LogP contribution >= 0.6 is 11.8 Å². The Kier molecular flexibility index (Phi) is 7.87. The number of phenols is 2. The predicted octanol–water partition coefficient (Wildman–Crippen LogP) is 7.95. The van der Waals surface area contributed by atoms with Crippen molar-refractivity contribution in [1.82, 2.24) is 0 Å². The Balaban J connectivity index is 1.47. The van der Waals surface area contributed by atoms with E-state index in [0.717, 1.165) is 46.6 Å². The molecule has 0 saturated carbocycles. The summed E-state index contributed by atoms with van der Waals surface area (Å²) >= 11 is 1.86. The van der Waals surface area contributed by atoms with Gasteiger partial charge in [-0.25, -0.2) is 0 Å². The Hall–Kier alpha value is -3.17. The Morgan fingerprint density at radius 3 is 1.31 bits per heavy atom. The highest BCUT2D eigenvalue weighted by Crippen LogP contribution is 2.32. The third-order valence-corrected chi connectivity index (χ3v) is 7.78. The quantitative estimate of drug-likeness (QED) is 0.268.